The molecule has 1 aromatic carbocycles. The van der Waals surface area contributed by atoms with Crippen LogP contribution in [0.5, 0.6) is 5.75 Å². The summed E-state index contributed by atoms with van der Waals surface area (Å²) in [6.07, 6.45) is 6.37. The lowest BCUT2D eigenvalue weighted by Gasteiger charge is -2.24. The zero-order chi connectivity index (χ0) is 16.2. The molecule has 1 atom stereocenters. The zero-order valence-electron chi connectivity index (χ0n) is 13.7. The van der Waals surface area contributed by atoms with Gasteiger partial charge in [0.25, 0.3) is 0 Å². The van der Waals surface area contributed by atoms with Crippen LogP contribution >= 0.6 is 0 Å². The van der Waals surface area contributed by atoms with Crippen molar-refractivity contribution in [3.8, 4) is 5.75 Å². The number of benzene rings is 1. The van der Waals surface area contributed by atoms with Gasteiger partial charge in [-0.3, -0.25) is 9.48 Å². The molecule has 3 rings (SSSR count). The van der Waals surface area contributed by atoms with Crippen molar-refractivity contribution in [2.24, 2.45) is 7.05 Å². The van der Waals surface area contributed by atoms with Crippen molar-refractivity contribution in [2.75, 3.05) is 13.2 Å². The van der Waals surface area contributed by atoms with E-state index >= 15 is 0 Å². The average Bonchev–Trinajstić information content (AvgIpc) is 3.18. The van der Waals surface area contributed by atoms with E-state index in [0.717, 1.165) is 36.3 Å². The molecule has 122 valence electrons. The van der Waals surface area contributed by atoms with E-state index in [9.17, 15) is 4.79 Å². The van der Waals surface area contributed by atoms with Crippen molar-refractivity contribution in [3.05, 3.63) is 47.8 Å². The summed E-state index contributed by atoms with van der Waals surface area (Å²) < 4.78 is 7.23. The molecule has 1 aliphatic rings. The number of likely N-dealkylation sites (tertiary alicyclic amines) is 1. The van der Waals surface area contributed by atoms with Crippen molar-refractivity contribution < 1.29 is 9.53 Å². The number of aromatic nitrogens is 2. The van der Waals surface area contributed by atoms with Crippen molar-refractivity contribution in [1.29, 1.82) is 0 Å². The maximum atomic E-state index is 12.7. The number of rotatable bonds is 5. The van der Waals surface area contributed by atoms with Crippen LogP contribution in [0.1, 0.15) is 36.9 Å². The highest BCUT2D eigenvalue weighted by molar-refractivity contribution is 5.79. The normalized spacial score (nSPS) is 17.5. The molecule has 0 saturated carbocycles. The minimum Gasteiger partial charge on any atom is -0.494 e. The third-order valence-electron chi connectivity index (χ3n) is 4.27. The Morgan fingerprint density at radius 3 is 2.78 bits per heavy atom. The molecule has 0 N–H and O–H groups in total. The van der Waals surface area contributed by atoms with Gasteiger partial charge >= 0.3 is 0 Å². The van der Waals surface area contributed by atoms with E-state index in [-0.39, 0.29) is 11.9 Å². The molecular weight excluding hydrogens is 290 g/mol. The highest BCUT2D eigenvalue weighted by Crippen LogP contribution is 2.32. The van der Waals surface area contributed by atoms with Gasteiger partial charge in [-0.25, -0.2) is 0 Å². The van der Waals surface area contributed by atoms with Crippen LogP contribution in [0, 0.1) is 0 Å². The minimum absolute atomic E-state index is 0.166. The van der Waals surface area contributed by atoms with Crippen molar-refractivity contribution >= 4 is 5.91 Å². The van der Waals surface area contributed by atoms with Gasteiger partial charge in [-0.05, 0) is 37.5 Å². The second-order valence-corrected chi connectivity index (χ2v) is 5.95. The van der Waals surface area contributed by atoms with Crippen LogP contribution in [0.2, 0.25) is 0 Å². The fourth-order valence-electron chi connectivity index (χ4n) is 3.17. The Balaban J connectivity index is 1.67. The Hall–Kier alpha value is -2.30. The smallest absolute Gasteiger partial charge is 0.227 e. The Morgan fingerprint density at radius 2 is 2.13 bits per heavy atom. The van der Waals surface area contributed by atoms with Crippen LogP contribution in [0.25, 0.3) is 0 Å². The molecule has 5 nitrogen and oxygen atoms in total. The van der Waals surface area contributed by atoms with Crippen LogP contribution in [0.15, 0.2) is 36.7 Å². The summed E-state index contributed by atoms with van der Waals surface area (Å²) in [5.74, 6) is 1.03. The lowest BCUT2D eigenvalue weighted by molar-refractivity contribution is -0.131. The number of amides is 1. The van der Waals surface area contributed by atoms with E-state index in [1.165, 1.54) is 0 Å². The second-order valence-electron chi connectivity index (χ2n) is 5.95. The molecule has 2 heterocycles. The summed E-state index contributed by atoms with van der Waals surface area (Å²) in [6.45, 7) is 3.44. The predicted molar refractivity (Wildman–Crippen MR) is 88.2 cm³/mol. The molecule has 0 aliphatic carbocycles. The summed E-state index contributed by atoms with van der Waals surface area (Å²) in [7, 11) is 1.91. The third kappa shape index (κ3) is 3.55. The predicted octanol–water partition coefficient (Wildman–Crippen LogP) is 2.73. The van der Waals surface area contributed by atoms with Gasteiger partial charge in [-0.15, -0.1) is 0 Å². The van der Waals surface area contributed by atoms with Gasteiger partial charge in [0, 0.05) is 25.4 Å². The van der Waals surface area contributed by atoms with E-state index in [4.69, 9.17) is 4.74 Å². The third-order valence-corrected chi connectivity index (χ3v) is 4.27. The summed E-state index contributed by atoms with van der Waals surface area (Å²) in [5, 5.41) is 4.23. The fourth-order valence-corrected chi connectivity index (χ4v) is 3.17. The Morgan fingerprint density at radius 1 is 1.35 bits per heavy atom. The van der Waals surface area contributed by atoms with E-state index in [1.54, 1.807) is 4.68 Å². The van der Waals surface area contributed by atoms with Gasteiger partial charge in [0.05, 0.1) is 25.3 Å². The molecule has 1 aromatic heterocycles. The number of aryl methyl sites for hydroxylation is 1. The van der Waals surface area contributed by atoms with Crippen molar-refractivity contribution in [2.45, 2.75) is 32.2 Å². The molecule has 0 spiro atoms. The van der Waals surface area contributed by atoms with Crippen LogP contribution in [-0.2, 0) is 18.3 Å². The maximum Gasteiger partial charge on any atom is 0.227 e. The first kappa shape index (κ1) is 15.6. The molecular formula is C18H23N3O2. The highest BCUT2D eigenvalue weighted by Gasteiger charge is 2.30. The van der Waals surface area contributed by atoms with Gasteiger partial charge in [0.15, 0.2) is 0 Å². The topological polar surface area (TPSA) is 47.4 Å². The molecule has 0 unspecified atom stereocenters. The zero-order valence-corrected chi connectivity index (χ0v) is 13.7. The summed E-state index contributed by atoms with van der Waals surface area (Å²) in [4.78, 5) is 14.7. The lowest BCUT2D eigenvalue weighted by atomic mass is 10.1. The van der Waals surface area contributed by atoms with Crippen LogP contribution in [-0.4, -0.2) is 33.7 Å². The number of hydrogen-bond acceptors (Lipinski definition) is 3. The van der Waals surface area contributed by atoms with Gasteiger partial charge < -0.3 is 9.64 Å². The van der Waals surface area contributed by atoms with Crippen LogP contribution in [0.3, 0.4) is 0 Å². The maximum absolute atomic E-state index is 12.7. The molecule has 1 saturated heterocycles. The number of nitrogens with zero attached hydrogens (tertiary/aromatic N) is 3. The molecule has 1 aliphatic heterocycles. The molecule has 1 fully saturated rings. The second kappa shape index (κ2) is 6.86. The summed E-state index contributed by atoms with van der Waals surface area (Å²) in [6, 6.07) is 7.96. The molecule has 1 amide bonds. The number of carbonyl (C=O) groups excluding carboxylic acids is 1. The molecule has 5 heteroatoms. The van der Waals surface area contributed by atoms with Crippen LogP contribution in [0.4, 0.5) is 0 Å². The first-order valence-corrected chi connectivity index (χ1v) is 8.17. The number of hydrogen-bond donors (Lipinski definition) is 0. The van der Waals surface area contributed by atoms with E-state index in [0.29, 0.717) is 13.0 Å². The summed E-state index contributed by atoms with van der Waals surface area (Å²) in [5.41, 5.74) is 2.15. The van der Waals surface area contributed by atoms with Gasteiger partial charge in [0.1, 0.15) is 5.75 Å². The van der Waals surface area contributed by atoms with E-state index in [2.05, 4.69) is 5.10 Å². The van der Waals surface area contributed by atoms with Gasteiger partial charge in [0.2, 0.25) is 5.91 Å². The first-order valence-electron chi connectivity index (χ1n) is 8.17. The molecule has 23 heavy (non-hydrogen) atoms. The lowest BCUT2D eigenvalue weighted by Crippen LogP contribution is -2.31. The Bertz CT molecular complexity index is 663. The standard InChI is InChI=1S/C18H23N3O2/c1-3-23-16-8-6-14(7-9-16)11-18(22)21-10-4-5-17(21)15-12-19-20(2)13-15/h6-9,12-13,17H,3-5,10-11H2,1-2H3/t17-/m0/s1. The van der Waals surface area contributed by atoms with Gasteiger partial charge in [-0.1, -0.05) is 12.1 Å². The van der Waals surface area contributed by atoms with Crippen molar-refractivity contribution in [3.63, 3.8) is 0 Å². The average molecular weight is 313 g/mol. The Kier molecular flexibility index (Phi) is 4.65. The quantitative estimate of drug-likeness (QED) is 0.853. The molecule has 0 bridgehead atoms. The molecule has 0 radical (unpaired) electrons. The highest BCUT2D eigenvalue weighted by atomic mass is 16.5. The minimum atomic E-state index is 0.166. The summed E-state index contributed by atoms with van der Waals surface area (Å²) >= 11 is 0. The SMILES string of the molecule is CCOc1ccc(CC(=O)N2CCC[C@H]2c2cnn(C)c2)cc1. The van der Waals surface area contributed by atoms with Crippen molar-refractivity contribution in [1.82, 2.24) is 14.7 Å². The number of ether oxygens (including phenoxy) is 1. The monoisotopic (exact) mass is 313 g/mol. The number of carbonyl (C=O) groups is 1. The fraction of sp³-hybridized carbons (Fsp3) is 0.444. The Labute approximate surface area is 136 Å². The molecule has 2 aromatic rings. The van der Waals surface area contributed by atoms with Crippen LogP contribution < -0.4 is 4.74 Å². The largest absolute Gasteiger partial charge is 0.494 e. The van der Waals surface area contributed by atoms with Gasteiger partial charge in [-0.2, -0.15) is 5.10 Å². The van der Waals surface area contributed by atoms with E-state index in [1.807, 2.05) is 55.5 Å². The first-order chi connectivity index (χ1) is 11.2. The van der Waals surface area contributed by atoms with E-state index < -0.39 is 0 Å².